The Kier molecular flexibility index (Phi) is 6.71. The standard InChI is InChI=1S/C27H12F8O/c28-20-10-16(7-6-15-4-2-1-3-5-15)8-9-19(20)17-11-21(29)25(22(30)12-17)27(34,35)36-18-13-23(31)26(33)24(32)14-18/h1-5,8-14H. The van der Waals surface area contributed by atoms with Crippen LogP contribution >= 0.6 is 0 Å². The van der Waals surface area contributed by atoms with Crippen molar-refractivity contribution in [3.63, 3.8) is 0 Å². The molecule has 182 valence electrons. The molecule has 4 rings (SSSR count). The highest BCUT2D eigenvalue weighted by Gasteiger charge is 2.41. The summed E-state index contributed by atoms with van der Waals surface area (Å²) in [5.41, 5.74) is -1.64. The highest BCUT2D eigenvalue weighted by molar-refractivity contribution is 5.66. The van der Waals surface area contributed by atoms with Gasteiger partial charge in [-0.1, -0.05) is 36.1 Å². The average Bonchev–Trinajstić information content (AvgIpc) is 2.81. The molecule has 0 saturated carbocycles. The first-order chi connectivity index (χ1) is 17.0. The van der Waals surface area contributed by atoms with Crippen molar-refractivity contribution in [1.82, 2.24) is 0 Å². The molecule has 0 bridgehead atoms. The molecule has 36 heavy (non-hydrogen) atoms. The molecule has 9 heteroatoms. The smallest absolute Gasteiger partial charge is 0.429 e. The van der Waals surface area contributed by atoms with E-state index in [4.69, 9.17) is 0 Å². The van der Waals surface area contributed by atoms with Crippen molar-refractivity contribution in [3.8, 4) is 28.7 Å². The Morgan fingerprint density at radius 1 is 0.583 bits per heavy atom. The average molecular weight is 504 g/mol. The fourth-order valence-corrected chi connectivity index (χ4v) is 3.29. The van der Waals surface area contributed by atoms with E-state index >= 15 is 0 Å². The molecule has 0 radical (unpaired) electrons. The van der Waals surface area contributed by atoms with Crippen molar-refractivity contribution in [2.24, 2.45) is 0 Å². The number of hydrogen-bond acceptors (Lipinski definition) is 1. The van der Waals surface area contributed by atoms with Gasteiger partial charge in [-0.2, -0.15) is 8.78 Å². The molecule has 0 aliphatic carbocycles. The zero-order chi connectivity index (χ0) is 26.0. The fraction of sp³-hybridized carbons (Fsp3) is 0.0370. The third kappa shape index (κ3) is 5.18. The van der Waals surface area contributed by atoms with Gasteiger partial charge in [0.25, 0.3) is 0 Å². The highest BCUT2D eigenvalue weighted by atomic mass is 19.3. The van der Waals surface area contributed by atoms with E-state index in [9.17, 15) is 35.1 Å². The number of halogens is 8. The summed E-state index contributed by atoms with van der Waals surface area (Å²) in [7, 11) is 0. The summed E-state index contributed by atoms with van der Waals surface area (Å²) < 4.78 is 116. The molecule has 4 aromatic rings. The fourth-order valence-electron chi connectivity index (χ4n) is 3.29. The van der Waals surface area contributed by atoms with Crippen LogP contribution in [0.4, 0.5) is 35.1 Å². The van der Waals surface area contributed by atoms with Crippen molar-refractivity contribution >= 4 is 0 Å². The molecular formula is C27H12F8O. The first-order valence-electron chi connectivity index (χ1n) is 10.1. The zero-order valence-electron chi connectivity index (χ0n) is 17.9. The topological polar surface area (TPSA) is 9.23 Å². The molecule has 1 nitrogen and oxygen atoms in total. The number of rotatable bonds is 4. The Morgan fingerprint density at radius 3 is 1.75 bits per heavy atom. The van der Waals surface area contributed by atoms with Gasteiger partial charge >= 0.3 is 6.11 Å². The Balaban J connectivity index is 1.64. The molecule has 0 aromatic heterocycles. The molecular weight excluding hydrogens is 492 g/mol. The lowest BCUT2D eigenvalue weighted by atomic mass is 10.0. The Bertz CT molecular complexity index is 1460. The quantitative estimate of drug-likeness (QED) is 0.157. The van der Waals surface area contributed by atoms with Crippen molar-refractivity contribution in [2.75, 3.05) is 0 Å². The summed E-state index contributed by atoms with van der Waals surface area (Å²) >= 11 is 0. The minimum atomic E-state index is -4.75. The van der Waals surface area contributed by atoms with Gasteiger partial charge in [0, 0.05) is 28.8 Å². The summed E-state index contributed by atoms with van der Waals surface area (Å²) in [5.74, 6) is -5.83. The van der Waals surface area contributed by atoms with Gasteiger partial charge in [-0.15, -0.1) is 0 Å². The molecule has 0 amide bonds. The lowest BCUT2D eigenvalue weighted by molar-refractivity contribution is -0.189. The molecule has 0 unspecified atom stereocenters. The lowest BCUT2D eigenvalue weighted by Gasteiger charge is -2.20. The van der Waals surface area contributed by atoms with Crippen molar-refractivity contribution in [1.29, 1.82) is 0 Å². The third-order valence-corrected chi connectivity index (χ3v) is 4.94. The van der Waals surface area contributed by atoms with E-state index in [-0.39, 0.29) is 23.3 Å². The lowest BCUT2D eigenvalue weighted by Crippen LogP contribution is -2.25. The predicted molar refractivity (Wildman–Crippen MR) is 115 cm³/mol. The highest BCUT2D eigenvalue weighted by Crippen LogP contribution is 2.38. The SMILES string of the molecule is Fc1cc(C#Cc2ccccc2)ccc1-c1cc(F)c(C(F)(F)Oc2cc(F)c(F)c(F)c2)c(F)c1. The summed E-state index contributed by atoms with van der Waals surface area (Å²) in [4.78, 5) is 0. The van der Waals surface area contributed by atoms with Crippen molar-refractivity contribution in [3.05, 3.63) is 124 Å². The molecule has 0 spiro atoms. The first kappa shape index (κ1) is 24.8. The van der Waals surface area contributed by atoms with Crippen LogP contribution in [0.5, 0.6) is 5.75 Å². The molecule has 0 aliphatic rings. The molecule has 0 atom stereocenters. The second-order valence-electron chi connectivity index (χ2n) is 7.45. The van der Waals surface area contributed by atoms with Crippen LogP contribution in [0.2, 0.25) is 0 Å². The van der Waals surface area contributed by atoms with E-state index in [1.54, 1.807) is 30.3 Å². The molecule has 0 fully saturated rings. The van der Waals surface area contributed by atoms with Crippen LogP contribution < -0.4 is 4.74 Å². The molecule has 0 saturated heterocycles. The first-order valence-corrected chi connectivity index (χ1v) is 10.1. The van der Waals surface area contributed by atoms with Crippen LogP contribution in [-0.2, 0) is 6.11 Å². The summed E-state index contributed by atoms with van der Waals surface area (Å²) in [6.45, 7) is 0. The van der Waals surface area contributed by atoms with E-state index in [0.717, 1.165) is 6.07 Å². The number of benzene rings is 4. The van der Waals surface area contributed by atoms with Gasteiger partial charge in [0.15, 0.2) is 17.5 Å². The van der Waals surface area contributed by atoms with E-state index in [1.165, 1.54) is 12.1 Å². The van der Waals surface area contributed by atoms with Gasteiger partial charge in [0.1, 0.15) is 28.8 Å². The molecule has 0 heterocycles. The number of ether oxygens (including phenoxy) is 1. The van der Waals surface area contributed by atoms with Gasteiger partial charge in [0.05, 0.1) is 0 Å². The van der Waals surface area contributed by atoms with Crippen LogP contribution in [0.1, 0.15) is 16.7 Å². The Labute approximate surface area is 199 Å². The number of alkyl halides is 2. The zero-order valence-corrected chi connectivity index (χ0v) is 17.9. The minimum absolute atomic E-state index is 0.0914. The maximum atomic E-state index is 14.7. The largest absolute Gasteiger partial charge is 0.432 e. The predicted octanol–water partition coefficient (Wildman–Crippen LogP) is 7.72. The molecule has 0 N–H and O–H groups in total. The monoisotopic (exact) mass is 504 g/mol. The molecule has 4 aromatic carbocycles. The number of hydrogen-bond donors (Lipinski definition) is 0. The third-order valence-electron chi connectivity index (χ3n) is 4.94. The van der Waals surface area contributed by atoms with Crippen LogP contribution in [0.3, 0.4) is 0 Å². The molecule has 0 aliphatic heterocycles. The van der Waals surface area contributed by atoms with Crippen molar-refractivity contribution < 1.29 is 39.9 Å². The maximum Gasteiger partial charge on any atom is 0.432 e. The second kappa shape index (κ2) is 9.74. The second-order valence-corrected chi connectivity index (χ2v) is 7.45. The van der Waals surface area contributed by atoms with Gasteiger partial charge in [-0.3, -0.25) is 0 Å². The maximum absolute atomic E-state index is 14.7. The Morgan fingerprint density at radius 2 is 1.17 bits per heavy atom. The summed E-state index contributed by atoms with van der Waals surface area (Å²) in [6, 6.07) is 13.5. The van der Waals surface area contributed by atoms with Gasteiger partial charge in [-0.05, 0) is 42.0 Å². The Hall–Kier alpha value is -4.32. The van der Waals surface area contributed by atoms with Crippen LogP contribution in [0.25, 0.3) is 11.1 Å². The minimum Gasteiger partial charge on any atom is -0.429 e. The van der Waals surface area contributed by atoms with Crippen LogP contribution in [0.15, 0.2) is 72.8 Å². The van der Waals surface area contributed by atoms with Gasteiger partial charge in [0.2, 0.25) is 0 Å². The van der Waals surface area contributed by atoms with Crippen LogP contribution in [-0.4, -0.2) is 0 Å². The summed E-state index contributed by atoms with van der Waals surface area (Å²) in [6.07, 6.45) is -4.75. The van der Waals surface area contributed by atoms with E-state index in [1.807, 2.05) is 0 Å². The summed E-state index contributed by atoms with van der Waals surface area (Å²) in [5, 5.41) is 0. The van der Waals surface area contributed by atoms with Gasteiger partial charge in [-0.25, -0.2) is 26.3 Å². The van der Waals surface area contributed by atoms with E-state index < -0.39 is 57.9 Å². The van der Waals surface area contributed by atoms with E-state index in [0.29, 0.717) is 17.7 Å². The van der Waals surface area contributed by atoms with Gasteiger partial charge < -0.3 is 4.74 Å². The van der Waals surface area contributed by atoms with Crippen LogP contribution in [0, 0.1) is 46.7 Å². The van der Waals surface area contributed by atoms with E-state index in [2.05, 4.69) is 16.6 Å². The normalized spacial score (nSPS) is 11.1. The van der Waals surface area contributed by atoms with Crippen molar-refractivity contribution in [2.45, 2.75) is 6.11 Å².